The van der Waals surface area contributed by atoms with E-state index in [1.165, 1.54) is 32.0 Å². The van der Waals surface area contributed by atoms with Gasteiger partial charge in [0.05, 0.1) is 17.4 Å². The molecule has 0 bridgehead atoms. The molecule has 0 aliphatic heterocycles. The van der Waals surface area contributed by atoms with Crippen molar-refractivity contribution in [2.24, 2.45) is 11.8 Å². The van der Waals surface area contributed by atoms with Crippen LogP contribution in [0.4, 0.5) is 26.3 Å². The van der Waals surface area contributed by atoms with Crippen LogP contribution in [0.15, 0.2) is 51.8 Å². The molecule has 214 valence electrons. The number of aryl methyl sites for hydroxylation is 1. The number of unbranched alkanes of at least 4 members (excludes halogenated alkanes) is 2. The van der Waals surface area contributed by atoms with E-state index in [-0.39, 0.29) is 17.1 Å². The second kappa shape index (κ2) is 13.0. The largest absolute Gasteiger partial charge is 0.573 e. The number of alkyl halides is 6. The number of carbonyl (C=O) groups is 1. The molecule has 3 rings (SSSR count). The number of rotatable bonds is 12. The Balaban J connectivity index is 1.81. The van der Waals surface area contributed by atoms with E-state index in [4.69, 9.17) is 9.15 Å². The lowest BCUT2D eigenvalue weighted by atomic mass is 10.0. The topological polar surface area (TPSA) is 48.7 Å². The molecule has 1 unspecified atom stereocenters. The van der Waals surface area contributed by atoms with Gasteiger partial charge in [0.25, 0.3) is 0 Å². The van der Waals surface area contributed by atoms with Gasteiger partial charge < -0.3 is 13.9 Å². The Morgan fingerprint density at radius 3 is 2.38 bits per heavy atom. The summed E-state index contributed by atoms with van der Waals surface area (Å²) in [5, 5.41) is 0.567. The van der Waals surface area contributed by atoms with Crippen molar-refractivity contribution in [2.75, 3.05) is 12.4 Å². The molecule has 2 aromatic carbocycles. The number of hydrogen-bond donors (Lipinski definition) is 0. The number of hydrogen-bond acceptors (Lipinski definition) is 5. The Hall–Kier alpha value is -2.82. The minimum absolute atomic E-state index is 0.112. The van der Waals surface area contributed by atoms with Gasteiger partial charge in [-0.2, -0.15) is 13.2 Å². The average molecular weight is 577 g/mol. The van der Waals surface area contributed by atoms with E-state index in [0.717, 1.165) is 31.0 Å². The monoisotopic (exact) mass is 576 g/mol. The quantitative estimate of drug-likeness (QED) is 0.0931. The number of halogens is 6. The van der Waals surface area contributed by atoms with Gasteiger partial charge in [-0.05, 0) is 54.8 Å². The van der Waals surface area contributed by atoms with Crippen molar-refractivity contribution in [3.8, 4) is 17.1 Å². The summed E-state index contributed by atoms with van der Waals surface area (Å²) in [5.41, 5.74) is 1.12. The first-order chi connectivity index (χ1) is 18.3. The molecule has 0 spiro atoms. The zero-order valence-corrected chi connectivity index (χ0v) is 22.6. The molecule has 0 aliphatic rings. The molecule has 0 saturated carbocycles. The molecule has 0 saturated heterocycles. The standard InChI is InChI=1S/C28H30F6O4S/c1-4-5-6-7-18-8-11-22(25(12-18)38-28(32,33)34)24-13-19-9-10-21(14-23(19)37-24)39-16-20(27(29,30)31)15-36-26(35)17(2)3/h8-14,17,20H,4-7,15-16H2,1-3H3. The summed E-state index contributed by atoms with van der Waals surface area (Å²) in [7, 11) is 0. The van der Waals surface area contributed by atoms with Gasteiger partial charge in [0.2, 0.25) is 0 Å². The first kappa shape index (κ1) is 30.7. The Labute approximate surface area is 227 Å². The molecule has 1 aromatic heterocycles. The van der Waals surface area contributed by atoms with Crippen molar-refractivity contribution >= 4 is 28.7 Å². The van der Waals surface area contributed by atoms with E-state index in [1.54, 1.807) is 24.3 Å². The van der Waals surface area contributed by atoms with Crippen LogP contribution in [0, 0.1) is 11.8 Å². The lowest BCUT2D eigenvalue weighted by Gasteiger charge is -2.20. The minimum atomic E-state index is -4.90. The fraction of sp³-hybridized carbons (Fsp3) is 0.464. The van der Waals surface area contributed by atoms with Crippen LogP contribution in [0.5, 0.6) is 5.75 Å². The minimum Gasteiger partial charge on any atom is -0.465 e. The van der Waals surface area contributed by atoms with Crippen molar-refractivity contribution in [3.05, 3.63) is 48.0 Å². The molecular weight excluding hydrogens is 546 g/mol. The first-order valence-electron chi connectivity index (χ1n) is 12.6. The van der Waals surface area contributed by atoms with Gasteiger partial charge in [-0.25, -0.2) is 0 Å². The smallest absolute Gasteiger partial charge is 0.465 e. The zero-order valence-electron chi connectivity index (χ0n) is 21.7. The van der Waals surface area contributed by atoms with Crippen LogP contribution in [0.25, 0.3) is 22.3 Å². The SMILES string of the molecule is CCCCCc1ccc(-c2cc3ccc(SCC(COC(=O)C(C)C)C(F)(F)F)cc3o2)c(OC(F)(F)F)c1. The van der Waals surface area contributed by atoms with Gasteiger partial charge in [0, 0.05) is 16.0 Å². The molecule has 0 radical (unpaired) electrons. The third-order valence-electron chi connectivity index (χ3n) is 5.91. The van der Waals surface area contributed by atoms with Crippen LogP contribution in [0.2, 0.25) is 0 Å². The fourth-order valence-electron chi connectivity index (χ4n) is 3.73. The highest BCUT2D eigenvalue weighted by Gasteiger charge is 2.40. The van der Waals surface area contributed by atoms with Crippen LogP contribution in [-0.4, -0.2) is 30.9 Å². The maximum Gasteiger partial charge on any atom is 0.573 e. The molecule has 1 atom stereocenters. The number of carbonyl (C=O) groups excluding carboxylic acids is 1. The van der Waals surface area contributed by atoms with Crippen LogP contribution in [-0.2, 0) is 16.0 Å². The van der Waals surface area contributed by atoms with E-state index >= 15 is 0 Å². The molecule has 0 aliphatic carbocycles. The summed E-state index contributed by atoms with van der Waals surface area (Å²) in [4.78, 5) is 12.1. The number of benzene rings is 2. The summed E-state index contributed by atoms with van der Waals surface area (Å²) >= 11 is 0.913. The lowest BCUT2D eigenvalue weighted by molar-refractivity contribution is -0.274. The molecular formula is C28H30F6O4S. The third kappa shape index (κ3) is 9.12. The van der Waals surface area contributed by atoms with E-state index in [0.29, 0.717) is 27.8 Å². The van der Waals surface area contributed by atoms with Crippen LogP contribution in [0.3, 0.4) is 0 Å². The maximum absolute atomic E-state index is 13.5. The second-order valence-electron chi connectivity index (χ2n) is 9.48. The molecule has 1 heterocycles. The summed E-state index contributed by atoms with van der Waals surface area (Å²) in [6.07, 6.45) is -6.09. The van der Waals surface area contributed by atoms with Gasteiger partial charge in [0.15, 0.2) is 0 Å². The molecule has 4 nitrogen and oxygen atoms in total. The highest BCUT2D eigenvalue weighted by molar-refractivity contribution is 7.99. The van der Waals surface area contributed by atoms with Crippen LogP contribution >= 0.6 is 11.8 Å². The Morgan fingerprint density at radius 2 is 1.74 bits per heavy atom. The highest BCUT2D eigenvalue weighted by Crippen LogP contribution is 2.39. The number of thioether (sulfide) groups is 1. The van der Waals surface area contributed by atoms with Crippen LogP contribution in [0.1, 0.15) is 45.6 Å². The summed E-state index contributed by atoms with van der Waals surface area (Å²) in [6.45, 7) is 4.32. The zero-order chi connectivity index (χ0) is 28.8. The van der Waals surface area contributed by atoms with E-state index < -0.39 is 42.7 Å². The third-order valence-corrected chi connectivity index (χ3v) is 7.07. The number of furan rings is 1. The normalized spacial score (nSPS) is 13.2. The van der Waals surface area contributed by atoms with Gasteiger partial charge in [0.1, 0.15) is 23.7 Å². The number of fused-ring (bicyclic) bond motifs is 1. The Kier molecular flexibility index (Phi) is 10.3. The average Bonchev–Trinajstić information content (AvgIpc) is 3.25. The van der Waals surface area contributed by atoms with Gasteiger partial charge in [-0.3, -0.25) is 4.79 Å². The van der Waals surface area contributed by atoms with Crippen molar-refractivity contribution < 1.29 is 45.0 Å². The van der Waals surface area contributed by atoms with Crippen molar-refractivity contribution in [2.45, 2.75) is 63.9 Å². The second-order valence-corrected chi connectivity index (χ2v) is 10.6. The molecule has 0 N–H and O–H groups in total. The Morgan fingerprint density at radius 1 is 1.00 bits per heavy atom. The highest BCUT2D eigenvalue weighted by atomic mass is 32.2. The summed E-state index contributed by atoms with van der Waals surface area (Å²) < 4.78 is 94.8. The van der Waals surface area contributed by atoms with E-state index in [9.17, 15) is 31.1 Å². The number of esters is 1. The van der Waals surface area contributed by atoms with Gasteiger partial charge >= 0.3 is 18.5 Å². The van der Waals surface area contributed by atoms with Gasteiger partial charge in [-0.15, -0.1) is 24.9 Å². The summed E-state index contributed by atoms with van der Waals surface area (Å²) in [6, 6.07) is 10.9. The predicted molar refractivity (Wildman–Crippen MR) is 138 cm³/mol. The number of ether oxygens (including phenoxy) is 2. The molecule has 39 heavy (non-hydrogen) atoms. The predicted octanol–water partition coefficient (Wildman–Crippen LogP) is 9.20. The first-order valence-corrected chi connectivity index (χ1v) is 13.5. The van der Waals surface area contributed by atoms with Crippen molar-refractivity contribution in [1.82, 2.24) is 0 Å². The molecule has 11 heteroatoms. The van der Waals surface area contributed by atoms with E-state index in [1.807, 2.05) is 6.92 Å². The fourth-order valence-corrected chi connectivity index (χ4v) is 4.76. The summed E-state index contributed by atoms with van der Waals surface area (Å²) in [5.74, 6) is -3.75. The molecule has 0 fully saturated rings. The lowest BCUT2D eigenvalue weighted by Crippen LogP contribution is -2.31. The van der Waals surface area contributed by atoms with Crippen molar-refractivity contribution in [3.63, 3.8) is 0 Å². The van der Waals surface area contributed by atoms with Crippen molar-refractivity contribution in [1.29, 1.82) is 0 Å². The maximum atomic E-state index is 13.5. The van der Waals surface area contributed by atoms with E-state index in [2.05, 4.69) is 4.74 Å². The Bertz CT molecular complexity index is 1250. The van der Waals surface area contributed by atoms with Crippen LogP contribution < -0.4 is 4.74 Å². The van der Waals surface area contributed by atoms with Gasteiger partial charge in [-0.1, -0.05) is 39.7 Å². The molecule has 0 amide bonds. The molecule has 3 aromatic rings.